The molecule has 1 amide bonds. The highest BCUT2D eigenvalue weighted by Gasteiger charge is 2.16. The minimum absolute atomic E-state index is 0.0398. The normalized spacial score (nSPS) is 10.8. The third-order valence-corrected chi connectivity index (χ3v) is 5.15. The second-order valence-corrected chi connectivity index (χ2v) is 7.54. The van der Waals surface area contributed by atoms with Crippen LogP contribution in [0.2, 0.25) is 0 Å². The largest absolute Gasteiger partial charge is 0.507 e. The van der Waals surface area contributed by atoms with Gasteiger partial charge >= 0.3 is 0 Å². The van der Waals surface area contributed by atoms with Gasteiger partial charge in [0.15, 0.2) is 11.0 Å². The lowest BCUT2D eigenvalue weighted by Gasteiger charge is -2.06. The Balaban J connectivity index is 1.47. The summed E-state index contributed by atoms with van der Waals surface area (Å²) >= 11 is 4.74. The van der Waals surface area contributed by atoms with Crippen LogP contribution in [0.25, 0.3) is 22.6 Å². The number of hydrogen-bond donors (Lipinski definition) is 2. The van der Waals surface area contributed by atoms with E-state index in [1.165, 1.54) is 22.1 Å². The molecule has 4 rings (SSSR count). The van der Waals surface area contributed by atoms with Crippen molar-refractivity contribution < 1.29 is 9.90 Å². The zero-order chi connectivity index (χ0) is 19.5. The van der Waals surface area contributed by atoms with Gasteiger partial charge in [0.05, 0.1) is 11.3 Å². The van der Waals surface area contributed by atoms with Crippen LogP contribution in [0.4, 0.5) is 5.13 Å². The summed E-state index contributed by atoms with van der Waals surface area (Å²) in [6, 6.07) is 14.4. The Morgan fingerprint density at radius 1 is 1.18 bits per heavy atom. The van der Waals surface area contributed by atoms with Crippen molar-refractivity contribution in [3.05, 3.63) is 58.4 Å². The van der Waals surface area contributed by atoms with Crippen molar-refractivity contribution >= 4 is 38.3 Å². The number of para-hydroxylation sites is 1. The zero-order valence-electron chi connectivity index (χ0n) is 14.3. The van der Waals surface area contributed by atoms with Crippen molar-refractivity contribution in [2.45, 2.75) is 6.54 Å². The van der Waals surface area contributed by atoms with Crippen LogP contribution in [0.5, 0.6) is 5.75 Å². The minimum Gasteiger partial charge on any atom is -0.507 e. The Labute approximate surface area is 172 Å². The van der Waals surface area contributed by atoms with Crippen LogP contribution in [-0.4, -0.2) is 36.2 Å². The Bertz CT molecular complexity index is 1130. The van der Waals surface area contributed by atoms with Crippen molar-refractivity contribution in [3.8, 4) is 28.4 Å². The Kier molecular flexibility index (Phi) is 5.13. The molecule has 4 aromatic rings. The van der Waals surface area contributed by atoms with E-state index >= 15 is 0 Å². The van der Waals surface area contributed by atoms with Crippen molar-refractivity contribution in [2.24, 2.45) is 0 Å². The minimum atomic E-state index is -0.319. The molecule has 0 saturated carbocycles. The highest BCUT2D eigenvalue weighted by atomic mass is 79.9. The molecule has 2 N–H and O–H groups in total. The maximum absolute atomic E-state index is 12.4. The molecule has 0 aliphatic rings. The van der Waals surface area contributed by atoms with Crippen molar-refractivity contribution in [3.63, 3.8) is 0 Å². The first-order valence-corrected chi connectivity index (χ1v) is 9.83. The second kappa shape index (κ2) is 7.87. The first kappa shape index (κ1) is 18.3. The number of phenols is 1. The highest BCUT2D eigenvalue weighted by molar-refractivity contribution is 9.10. The summed E-state index contributed by atoms with van der Waals surface area (Å²) in [6.45, 7) is -0.107. The van der Waals surface area contributed by atoms with Crippen LogP contribution in [0, 0.1) is 0 Å². The fraction of sp³-hybridized carbons (Fsp3) is 0.0556. The number of halogens is 1. The van der Waals surface area contributed by atoms with E-state index in [1.807, 2.05) is 29.6 Å². The third-order valence-electron chi connectivity index (χ3n) is 3.86. The van der Waals surface area contributed by atoms with Gasteiger partial charge in [0.25, 0.3) is 0 Å². The van der Waals surface area contributed by atoms with Crippen molar-refractivity contribution in [2.75, 3.05) is 5.32 Å². The number of rotatable bonds is 5. The van der Waals surface area contributed by atoms with Gasteiger partial charge in [-0.05, 0) is 34.7 Å². The van der Waals surface area contributed by atoms with E-state index in [0.717, 1.165) is 15.7 Å². The number of benzene rings is 2. The number of carbonyl (C=O) groups is 1. The quantitative estimate of drug-likeness (QED) is 0.475. The molecular weight excluding hydrogens is 444 g/mol. The molecule has 2 heterocycles. The Morgan fingerprint density at radius 3 is 2.75 bits per heavy atom. The third kappa shape index (κ3) is 3.92. The van der Waals surface area contributed by atoms with Gasteiger partial charge in [0.2, 0.25) is 5.91 Å². The fourth-order valence-electron chi connectivity index (χ4n) is 2.55. The number of anilines is 1. The van der Waals surface area contributed by atoms with E-state index in [-0.39, 0.29) is 18.2 Å². The number of nitrogens with zero attached hydrogens (tertiary/aromatic N) is 5. The number of aromatic hydroxyl groups is 1. The fourth-order valence-corrected chi connectivity index (χ4v) is 3.55. The number of thiazole rings is 1. The number of nitrogens with one attached hydrogen (secondary N) is 1. The first-order valence-electron chi connectivity index (χ1n) is 8.16. The van der Waals surface area contributed by atoms with Crippen LogP contribution in [0.1, 0.15) is 0 Å². The molecule has 0 radical (unpaired) electrons. The molecule has 0 unspecified atom stereocenters. The number of carbonyl (C=O) groups excluding carboxylic acids is 1. The van der Waals surface area contributed by atoms with Gasteiger partial charge < -0.3 is 10.4 Å². The maximum atomic E-state index is 12.4. The molecule has 28 heavy (non-hydrogen) atoms. The zero-order valence-corrected chi connectivity index (χ0v) is 16.7. The topological polar surface area (TPSA) is 106 Å². The number of amides is 1. The lowest BCUT2D eigenvalue weighted by molar-refractivity contribution is -0.116. The number of tetrazole rings is 1. The molecule has 2 aromatic heterocycles. The lowest BCUT2D eigenvalue weighted by Crippen LogP contribution is -2.20. The van der Waals surface area contributed by atoms with E-state index in [9.17, 15) is 9.90 Å². The predicted octanol–water partition coefficient (Wildman–Crippen LogP) is 3.57. The number of phenolic OH excluding ortho intramolecular Hbond substituents is 1. The van der Waals surface area contributed by atoms with Gasteiger partial charge in [-0.2, -0.15) is 0 Å². The summed E-state index contributed by atoms with van der Waals surface area (Å²) in [5.74, 6) is 0.0293. The smallest absolute Gasteiger partial charge is 0.248 e. The molecular formula is C18H13BrN6O2S. The van der Waals surface area contributed by atoms with Crippen LogP contribution < -0.4 is 5.32 Å². The van der Waals surface area contributed by atoms with E-state index in [0.29, 0.717) is 16.5 Å². The van der Waals surface area contributed by atoms with E-state index < -0.39 is 0 Å². The van der Waals surface area contributed by atoms with Gasteiger partial charge in [-0.25, -0.2) is 9.67 Å². The summed E-state index contributed by atoms with van der Waals surface area (Å²) in [5.41, 5.74) is 2.19. The maximum Gasteiger partial charge on any atom is 0.248 e. The number of aromatic nitrogens is 5. The average Bonchev–Trinajstić information content (AvgIpc) is 3.32. The second-order valence-electron chi connectivity index (χ2n) is 5.77. The molecule has 0 spiro atoms. The van der Waals surface area contributed by atoms with Crippen molar-refractivity contribution in [1.82, 2.24) is 25.2 Å². The molecule has 0 aliphatic heterocycles. The predicted molar refractivity (Wildman–Crippen MR) is 109 cm³/mol. The molecule has 0 fully saturated rings. The highest BCUT2D eigenvalue weighted by Crippen LogP contribution is 2.27. The van der Waals surface area contributed by atoms with E-state index in [1.54, 1.807) is 18.2 Å². The average molecular weight is 457 g/mol. The summed E-state index contributed by atoms with van der Waals surface area (Å²) < 4.78 is 2.31. The van der Waals surface area contributed by atoms with E-state index in [2.05, 4.69) is 41.8 Å². The summed E-state index contributed by atoms with van der Waals surface area (Å²) in [7, 11) is 0. The van der Waals surface area contributed by atoms with Crippen LogP contribution in [-0.2, 0) is 11.3 Å². The molecule has 10 heteroatoms. The molecule has 8 nitrogen and oxygen atoms in total. The van der Waals surface area contributed by atoms with Gasteiger partial charge in [-0.1, -0.05) is 40.2 Å². The van der Waals surface area contributed by atoms with Gasteiger partial charge in [0.1, 0.15) is 12.3 Å². The first-order chi connectivity index (χ1) is 13.6. The van der Waals surface area contributed by atoms with Gasteiger partial charge in [0, 0.05) is 15.4 Å². The molecule has 0 atom stereocenters. The monoisotopic (exact) mass is 456 g/mol. The van der Waals surface area contributed by atoms with Gasteiger partial charge in [-0.15, -0.1) is 16.4 Å². The molecule has 140 valence electrons. The summed E-state index contributed by atoms with van der Waals surface area (Å²) in [4.78, 5) is 16.9. The van der Waals surface area contributed by atoms with E-state index in [4.69, 9.17) is 0 Å². The van der Waals surface area contributed by atoms with Gasteiger partial charge in [-0.3, -0.25) is 4.79 Å². The summed E-state index contributed by atoms with van der Waals surface area (Å²) in [6.07, 6.45) is 0. The van der Waals surface area contributed by atoms with Crippen LogP contribution in [0.15, 0.2) is 58.4 Å². The standard InChI is InChI=1S/C18H13BrN6O2S/c19-12-7-5-11(6-8-12)14-10-28-18(20-14)21-16(27)9-25-17(22-23-24-25)13-3-1-2-4-15(13)26/h1-8,10,26H,9H2,(H,20,21,27). The molecule has 0 bridgehead atoms. The Hall–Kier alpha value is -3.11. The van der Waals surface area contributed by atoms with Crippen LogP contribution >= 0.6 is 27.3 Å². The lowest BCUT2D eigenvalue weighted by atomic mass is 10.2. The van der Waals surface area contributed by atoms with Crippen LogP contribution in [0.3, 0.4) is 0 Å². The Morgan fingerprint density at radius 2 is 1.96 bits per heavy atom. The summed E-state index contributed by atoms with van der Waals surface area (Å²) in [5, 5.41) is 26.5. The molecule has 0 saturated heterocycles. The number of hydrogen-bond acceptors (Lipinski definition) is 7. The molecule has 2 aromatic carbocycles. The SMILES string of the molecule is O=C(Cn1nnnc1-c1ccccc1O)Nc1nc(-c2ccc(Br)cc2)cs1. The molecule has 0 aliphatic carbocycles. The van der Waals surface area contributed by atoms with Crippen molar-refractivity contribution in [1.29, 1.82) is 0 Å².